The fraction of sp³-hybridized carbons (Fsp3) is 0.588. The maximum atomic E-state index is 12.6. The Balaban J connectivity index is 2.95. The van der Waals surface area contributed by atoms with E-state index < -0.39 is 23.1 Å². The molecule has 0 spiro atoms. The minimum absolute atomic E-state index is 0.0217. The van der Waals surface area contributed by atoms with Crippen molar-refractivity contribution in [3.63, 3.8) is 0 Å². The molecule has 1 rings (SSSR count). The molecule has 0 saturated heterocycles. The topological polar surface area (TPSA) is 65.5 Å². The van der Waals surface area contributed by atoms with Crippen molar-refractivity contribution in [2.24, 2.45) is 5.92 Å². The zero-order valence-electron chi connectivity index (χ0n) is 14.2. The summed E-state index contributed by atoms with van der Waals surface area (Å²) in [6.45, 7) is 10.9. The highest BCUT2D eigenvalue weighted by molar-refractivity contribution is 6.08. The molecule has 0 amide bonds. The van der Waals surface area contributed by atoms with Gasteiger partial charge in [0.15, 0.2) is 5.78 Å². The number of ether oxygens (including phenoxy) is 2. The van der Waals surface area contributed by atoms with Gasteiger partial charge in [0.05, 0.1) is 12.2 Å². The fourth-order valence-electron chi connectivity index (χ4n) is 1.67. The van der Waals surface area contributed by atoms with E-state index in [9.17, 15) is 9.59 Å². The molecule has 0 aliphatic heterocycles. The number of esters is 1. The zero-order valence-corrected chi connectivity index (χ0v) is 14.2. The Kier molecular flexibility index (Phi) is 5.83. The lowest BCUT2D eigenvalue weighted by Crippen LogP contribution is -2.37. The molecule has 0 aromatic carbocycles. The Bertz CT molecular complexity index is 512. The van der Waals surface area contributed by atoms with Crippen LogP contribution >= 0.6 is 0 Å². The van der Waals surface area contributed by atoms with Gasteiger partial charge in [0.1, 0.15) is 11.5 Å². The van der Waals surface area contributed by atoms with Crippen LogP contribution in [0.3, 0.4) is 0 Å². The number of carbonyl (C=O) groups excluding carboxylic acids is 2. The first-order valence-electron chi connectivity index (χ1n) is 7.31. The van der Waals surface area contributed by atoms with E-state index in [0.29, 0.717) is 5.56 Å². The summed E-state index contributed by atoms with van der Waals surface area (Å²) in [6.07, 6.45) is 3.02. The first kappa shape index (κ1) is 18.3. The van der Waals surface area contributed by atoms with Crippen molar-refractivity contribution in [3.05, 3.63) is 30.1 Å². The number of pyridine rings is 1. The largest absolute Gasteiger partial charge is 0.459 e. The van der Waals surface area contributed by atoms with Crippen molar-refractivity contribution in [1.29, 1.82) is 0 Å². The van der Waals surface area contributed by atoms with E-state index in [1.807, 2.05) is 20.8 Å². The van der Waals surface area contributed by atoms with Crippen LogP contribution in [-0.2, 0) is 14.3 Å². The van der Waals surface area contributed by atoms with Gasteiger partial charge >= 0.3 is 5.97 Å². The molecule has 0 radical (unpaired) electrons. The Labute approximate surface area is 132 Å². The number of rotatable bonds is 5. The Hall–Kier alpha value is -1.75. The van der Waals surface area contributed by atoms with E-state index in [-0.39, 0.29) is 12.4 Å². The Morgan fingerprint density at radius 1 is 1.14 bits per heavy atom. The van der Waals surface area contributed by atoms with E-state index in [1.54, 1.807) is 39.1 Å². The summed E-state index contributed by atoms with van der Waals surface area (Å²) in [7, 11) is 0. The van der Waals surface area contributed by atoms with Crippen LogP contribution < -0.4 is 0 Å². The minimum Gasteiger partial charge on any atom is -0.459 e. The lowest BCUT2D eigenvalue weighted by Gasteiger charge is -2.26. The molecule has 1 heterocycles. The van der Waals surface area contributed by atoms with Crippen LogP contribution in [0.15, 0.2) is 24.5 Å². The maximum absolute atomic E-state index is 12.6. The summed E-state index contributed by atoms with van der Waals surface area (Å²) in [5.74, 6) is -1.92. The summed E-state index contributed by atoms with van der Waals surface area (Å²) in [4.78, 5) is 28.8. The quantitative estimate of drug-likeness (QED) is 0.475. The average Bonchev–Trinajstić information content (AvgIpc) is 2.36. The molecule has 0 N–H and O–H groups in total. The molecular weight excluding hydrogens is 282 g/mol. The molecule has 0 aliphatic carbocycles. The highest BCUT2D eigenvalue weighted by Crippen LogP contribution is 2.18. The van der Waals surface area contributed by atoms with Gasteiger partial charge in [0.2, 0.25) is 0 Å². The molecular formula is C17H25NO4. The first-order chi connectivity index (χ1) is 9.99. The number of carbonyl (C=O) groups is 2. The van der Waals surface area contributed by atoms with E-state index in [4.69, 9.17) is 9.47 Å². The maximum Gasteiger partial charge on any atom is 0.319 e. The molecule has 0 fully saturated rings. The van der Waals surface area contributed by atoms with Crippen LogP contribution in [0.2, 0.25) is 0 Å². The van der Waals surface area contributed by atoms with Crippen molar-refractivity contribution >= 4 is 11.8 Å². The summed E-state index contributed by atoms with van der Waals surface area (Å²) in [5.41, 5.74) is -0.738. The van der Waals surface area contributed by atoms with E-state index >= 15 is 0 Å². The monoisotopic (exact) mass is 307 g/mol. The summed E-state index contributed by atoms with van der Waals surface area (Å²) in [5, 5.41) is 0. The number of aromatic nitrogens is 1. The second-order valence-corrected chi connectivity index (χ2v) is 7.12. The number of hydrogen-bond acceptors (Lipinski definition) is 5. The highest BCUT2D eigenvalue weighted by atomic mass is 16.6. The third-order valence-corrected chi connectivity index (χ3v) is 2.64. The van der Waals surface area contributed by atoms with Gasteiger partial charge in [-0.05, 0) is 53.7 Å². The average molecular weight is 307 g/mol. The molecule has 1 unspecified atom stereocenters. The smallest absolute Gasteiger partial charge is 0.319 e. The van der Waals surface area contributed by atoms with E-state index in [1.165, 1.54) is 6.20 Å². The fourth-order valence-corrected chi connectivity index (χ4v) is 1.67. The number of Topliss-reactive ketones (excluding diaryl/α,β-unsaturated/α-hetero) is 1. The number of hydrogen-bond donors (Lipinski definition) is 0. The molecule has 0 aliphatic rings. The van der Waals surface area contributed by atoms with Gasteiger partial charge in [0, 0.05) is 18.0 Å². The van der Waals surface area contributed by atoms with Crippen LogP contribution in [0.1, 0.15) is 51.9 Å². The number of nitrogens with zero attached hydrogens (tertiary/aromatic N) is 1. The van der Waals surface area contributed by atoms with Crippen LogP contribution in [0.4, 0.5) is 0 Å². The van der Waals surface area contributed by atoms with Crippen molar-refractivity contribution in [3.8, 4) is 0 Å². The van der Waals surface area contributed by atoms with Gasteiger partial charge in [-0.25, -0.2) is 0 Å². The minimum atomic E-state index is -0.998. The lowest BCUT2D eigenvalue weighted by molar-refractivity contribution is -0.161. The molecule has 0 bridgehead atoms. The van der Waals surface area contributed by atoms with Gasteiger partial charge in [-0.2, -0.15) is 0 Å². The molecule has 122 valence electrons. The predicted octanol–water partition coefficient (Wildman–Crippen LogP) is 3.04. The number of ketones is 1. The van der Waals surface area contributed by atoms with Gasteiger partial charge in [-0.3, -0.25) is 14.6 Å². The summed E-state index contributed by atoms with van der Waals surface area (Å²) in [6, 6.07) is 3.29. The van der Waals surface area contributed by atoms with Gasteiger partial charge in [-0.1, -0.05) is 0 Å². The summed E-state index contributed by atoms with van der Waals surface area (Å²) >= 11 is 0. The predicted molar refractivity (Wildman–Crippen MR) is 83.6 cm³/mol. The van der Waals surface area contributed by atoms with Crippen molar-refractivity contribution in [1.82, 2.24) is 4.98 Å². The van der Waals surface area contributed by atoms with Crippen molar-refractivity contribution in [2.45, 2.75) is 52.7 Å². The van der Waals surface area contributed by atoms with E-state index in [0.717, 1.165) is 0 Å². The van der Waals surface area contributed by atoms with Crippen LogP contribution in [0.25, 0.3) is 0 Å². The first-order valence-corrected chi connectivity index (χ1v) is 7.31. The van der Waals surface area contributed by atoms with Crippen molar-refractivity contribution < 1.29 is 19.1 Å². The zero-order chi connectivity index (χ0) is 17.0. The standard InChI is InChI=1S/C17H25NO4/c1-16(2,3)21-11-13(15(20)22-17(4,5)6)14(19)12-8-7-9-18-10-12/h7-10,13H,11H2,1-6H3. The second kappa shape index (κ2) is 7.01. The van der Waals surface area contributed by atoms with Crippen LogP contribution in [-0.4, -0.2) is 34.5 Å². The van der Waals surface area contributed by atoms with Gasteiger partial charge in [0.25, 0.3) is 0 Å². The van der Waals surface area contributed by atoms with Gasteiger partial charge < -0.3 is 9.47 Å². The third kappa shape index (κ3) is 6.35. The Morgan fingerprint density at radius 3 is 2.23 bits per heavy atom. The lowest BCUT2D eigenvalue weighted by atomic mass is 9.99. The SMILES string of the molecule is CC(C)(C)OCC(C(=O)OC(C)(C)C)C(=O)c1cccnc1. The Morgan fingerprint density at radius 2 is 1.77 bits per heavy atom. The highest BCUT2D eigenvalue weighted by Gasteiger charge is 2.33. The molecule has 5 heteroatoms. The molecule has 0 saturated carbocycles. The van der Waals surface area contributed by atoms with Crippen LogP contribution in [0, 0.1) is 5.92 Å². The van der Waals surface area contributed by atoms with Crippen molar-refractivity contribution in [2.75, 3.05) is 6.61 Å². The molecule has 1 aromatic heterocycles. The molecule has 22 heavy (non-hydrogen) atoms. The van der Waals surface area contributed by atoms with Gasteiger partial charge in [-0.15, -0.1) is 0 Å². The third-order valence-electron chi connectivity index (χ3n) is 2.64. The van der Waals surface area contributed by atoms with Crippen LogP contribution in [0.5, 0.6) is 0 Å². The molecule has 1 atom stereocenters. The summed E-state index contributed by atoms with van der Waals surface area (Å²) < 4.78 is 11.0. The van der Waals surface area contributed by atoms with E-state index in [2.05, 4.69) is 4.98 Å². The molecule has 5 nitrogen and oxygen atoms in total. The molecule has 1 aromatic rings. The second-order valence-electron chi connectivity index (χ2n) is 7.12. The normalized spacial score (nSPS) is 13.5.